The van der Waals surface area contributed by atoms with E-state index in [9.17, 15) is 13.6 Å². The molecular weight excluding hydrogens is 268 g/mol. The minimum Gasteiger partial charge on any atom is -0.481 e. The molecule has 1 fully saturated rings. The van der Waals surface area contributed by atoms with E-state index in [-0.39, 0.29) is 18.2 Å². The third-order valence-electron chi connectivity index (χ3n) is 3.60. The Hall–Kier alpha value is -1.53. The Morgan fingerprint density at radius 1 is 1.40 bits per heavy atom. The first-order valence-electron chi connectivity index (χ1n) is 6.37. The highest BCUT2D eigenvalue weighted by Crippen LogP contribution is 2.22. The number of hydrogen-bond donors (Lipinski definition) is 1. The summed E-state index contributed by atoms with van der Waals surface area (Å²) in [5.41, 5.74) is 0.858. The monoisotopic (exact) mass is 285 g/mol. The standard InChI is InChI=1S/C14H17F2NO3/c1-17(12-8-20-7-11(12)14(18)19)6-9-2-4-10(5-3-9)13(15)16/h2-5,11-13H,6-8H2,1H3,(H,18,19). The summed E-state index contributed by atoms with van der Waals surface area (Å²) in [6.07, 6.45) is -2.47. The molecule has 1 aliphatic heterocycles. The van der Waals surface area contributed by atoms with E-state index in [0.717, 1.165) is 5.56 Å². The maximum absolute atomic E-state index is 12.5. The van der Waals surface area contributed by atoms with Gasteiger partial charge < -0.3 is 9.84 Å². The second kappa shape index (κ2) is 6.28. The number of carbonyl (C=O) groups is 1. The number of ether oxygens (including phenoxy) is 1. The smallest absolute Gasteiger partial charge is 0.310 e. The summed E-state index contributed by atoms with van der Waals surface area (Å²) in [5, 5.41) is 9.11. The maximum Gasteiger partial charge on any atom is 0.310 e. The van der Waals surface area contributed by atoms with E-state index in [1.807, 2.05) is 11.9 Å². The lowest BCUT2D eigenvalue weighted by molar-refractivity contribution is -0.143. The van der Waals surface area contributed by atoms with Crippen molar-refractivity contribution in [1.82, 2.24) is 4.90 Å². The molecule has 0 aromatic heterocycles. The molecule has 1 aromatic carbocycles. The molecule has 0 bridgehead atoms. The number of benzene rings is 1. The van der Waals surface area contributed by atoms with Crippen molar-refractivity contribution in [2.45, 2.75) is 19.0 Å². The van der Waals surface area contributed by atoms with E-state index < -0.39 is 18.3 Å². The third kappa shape index (κ3) is 3.32. The van der Waals surface area contributed by atoms with Crippen LogP contribution >= 0.6 is 0 Å². The number of rotatable bonds is 5. The lowest BCUT2D eigenvalue weighted by Gasteiger charge is -2.26. The first-order valence-corrected chi connectivity index (χ1v) is 6.37. The number of nitrogens with zero attached hydrogens (tertiary/aromatic N) is 1. The van der Waals surface area contributed by atoms with Crippen LogP contribution in [-0.4, -0.2) is 42.3 Å². The molecule has 1 heterocycles. The zero-order valence-corrected chi connectivity index (χ0v) is 11.1. The highest BCUT2D eigenvalue weighted by molar-refractivity contribution is 5.71. The molecule has 20 heavy (non-hydrogen) atoms. The van der Waals surface area contributed by atoms with Gasteiger partial charge in [-0.15, -0.1) is 0 Å². The van der Waals surface area contributed by atoms with Crippen molar-refractivity contribution in [2.75, 3.05) is 20.3 Å². The Morgan fingerprint density at radius 3 is 2.60 bits per heavy atom. The van der Waals surface area contributed by atoms with Gasteiger partial charge in [0.05, 0.1) is 19.1 Å². The molecule has 0 aliphatic carbocycles. The van der Waals surface area contributed by atoms with E-state index in [2.05, 4.69) is 0 Å². The minimum atomic E-state index is -2.47. The quantitative estimate of drug-likeness (QED) is 0.900. The molecule has 2 unspecified atom stereocenters. The van der Waals surface area contributed by atoms with Gasteiger partial charge in [-0.05, 0) is 12.6 Å². The van der Waals surface area contributed by atoms with Gasteiger partial charge >= 0.3 is 5.97 Å². The number of likely N-dealkylation sites (N-methyl/N-ethyl adjacent to an activating group) is 1. The number of alkyl halides is 2. The summed E-state index contributed by atoms with van der Waals surface area (Å²) in [6, 6.07) is 5.89. The van der Waals surface area contributed by atoms with Crippen LogP contribution in [-0.2, 0) is 16.1 Å². The number of carboxylic acid groups (broad SMARTS) is 1. The number of aliphatic carboxylic acids is 1. The molecule has 2 rings (SSSR count). The second-order valence-electron chi connectivity index (χ2n) is 5.01. The molecule has 1 aliphatic rings. The van der Waals surface area contributed by atoms with E-state index in [1.165, 1.54) is 12.1 Å². The third-order valence-corrected chi connectivity index (χ3v) is 3.60. The van der Waals surface area contributed by atoms with Crippen LogP contribution in [0.25, 0.3) is 0 Å². The lowest BCUT2D eigenvalue weighted by atomic mass is 10.0. The molecule has 0 spiro atoms. The first-order chi connectivity index (χ1) is 9.49. The molecular formula is C14H17F2NO3. The van der Waals surface area contributed by atoms with Crippen molar-refractivity contribution < 1.29 is 23.4 Å². The van der Waals surface area contributed by atoms with Gasteiger partial charge in [0.1, 0.15) is 0 Å². The summed E-state index contributed by atoms with van der Waals surface area (Å²) < 4.78 is 30.1. The van der Waals surface area contributed by atoms with E-state index in [0.29, 0.717) is 13.2 Å². The normalized spacial score (nSPS) is 22.6. The van der Waals surface area contributed by atoms with Crippen LogP contribution in [0.2, 0.25) is 0 Å². The zero-order chi connectivity index (χ0) is 14.7. The Labute approximate surface area is 116 Å². The Kier molecular flexibility index (Phi) is 4.67. The Bertz CT molecular complexity index is 464. The van der Waals surface area contributed by atoms with Gasteiger partial charge in [-0.1, -0.05) is 24.3 Å². The van der Waals surface area contributed by atoms with Crippen LogP contribution in [0, 0.1) is 5.92 Å². The molecule has 1 N–H and O–H groups in total. The minimum absolute atomic E-state index is 0.0102. The van der Waals surface area contributed by atoms with Gasteiger partial charge in [-0.3, -0.25) is 9.69 Å². The average molecular weight is 285 g/mol. The summed E-state index contributed by atoms with van der Waals surface area (Å²) in [6.45, 7) is 1.10. The van der Waals surface area contributed by atoms with Gasteiger partial charge in [0, 0.05) is 18.2 Å². The highest BCUT2D eigenvalue weighted by atomic mass is 19.3. The van der Waals surface area contributed by atoms with Gasteiger partial charge in [-0.25, -0.2) is 8.78 Å². The lowest BCUT2D eigenvalue weighted by Crippen LogP contribution is -2.40. The molecule has 1 aromatic rings. The van der Waals surface area contributed by atoms with Crippen molar-refractivity contribution in [3.8, 4) is 0 Å². The predicted octanol–water partition coefficient (Wildman–Crippen LogP) is 2.16. The van der Waals surface area contributed by atoms with Crippen molar-refractivity contribution >= 4 is 5.97 Å². The summed E-state index contributed by atoms with van der Waals surface area (Å²) in [4.78, 5) is 13.0. The molecule has 1 saturated heterocycles. The van der Waals surface area contributed by atoms with Crippen LogP contribution in [0.5, 0.6) is 0 Å². The largest absolute Gasteiger partial charge is 0.481 e. The number of hydrogen-bond acceptors (Lipinski definition) is 3. The Morgan fingerprint density at radius 2 is 2.05 bits per heavy atom. The van der Waals surface area contributed by atoms with Crippen molar-refractivity contribution in [3.05, 3.63) is 35.4 Å². The predicted molar refractivity (Wildman–Crippen MR) is 68.6 cm³/mol. The van der Waals surface area contributed by atoms with Crippen molar-refractivity contribution in [3.63, 3.8) is 0 Å². The topological polar surface area (TPSA) is 49.8 Å². The van der Waals surface area contributed by atoms with E-state index >= 15 is 0 Å². The average Bonchev–Trinajstić information content (AvgIpc) is 2.88. The zero-order valence-electron chi connectivity index (χ0n) is 11.1. The van der Waals surface area contributed by atoms with E-state index in [4.69, 9.17) is 9.84 Å². The summed E-state index contributed by atoms with van der Waals surface area (Å²) in [5.74, 6) is -1.41. The first kappa shape index (κ1) is 14.9. The molecule has 0 saturated carbocycles. The van der Waals surface area contributed by atoms with E-state index in [1.54, 1.807) is 12.1 Å². The van der Waals surface area contributed by atoms with Crippen molar-refractivity contribution in [1.29, 1.82) is 0 Å². The summed E-state index contributed by atoms with van der Waals surface area (Å²) >= 11 is 0. The van der Waals surface area contributed by atoms with Gasteiger partial charge in [0.25, 0.3) is 6.43 Å². The van der Waals surface area contributed by atoms with Gasteiger partial charge in [0.2, 0.25) is 0 Å². The second-order valence-corrected chi connectivity index (χ2v) is 5.01. The molecule has 110 valence electrons. The van der Waals surface area contributed by atoms with Crippen LogP contribution in [0.4, 0.5) is 8.78 Å². The summed E-state index contributed by atoms with van der Waals surface area (Å²) in [7, 11) is 1.82. The molecule has 6 heteroatoms. The molecule has 0 amide bonds. The number of halogens is 2. The molecule has 2 atom stereocenters. The van der Waals surface area contributed by atoms with Gasteiger partial charge in [-0.2, -0.15) is 0 Å². The number of carboxylic acids is 1. The fourth-order valence-corrected chi connectivity index (χ4v) is 2.39. The van der Waals surface area contributed by atoms with Crippen LogP contribution < -0.4 is 0 Å². The maximum atomic E-state index is 12.5. The fraction of sp³-hybridized carbons (Fsp3) is 0.500. The molecule has 0 radical (unpaired) electrons. The highest BCUT2D eigenvalue weighted by Gasteiger charge is 2.36. The van der Waals surface area contributed by atoms with Crippen LogP contribution in [0.3, 0.4) is 0 Å². The SMILES string of the molecule is CN(Cc1ccc(C(F)F)cc1)C1COCC1C(=O)O. The Balaban J connectivity index is 2.00. The van der Waals surface area contributed by atoms with Crippen LogP contribution in [0.1, 0.15) is 17.6 Å². The molecule has 4 nitrogen and oxygen atoms in total. The van der Waals surface area contributed by atoms with Crippen molar-refractivity contribution in [2.24, 2.45) is 5.92 Å². The van der Waals surface area contributed by atoms with Crippen LogP contribution in [0.15, 0.2) is 24.3 Å². The van der Waals surface area contributed by atoms with Gasteiger partial charge in [0.15, 0.2) is 0 Å². The fourth-order valence-electron chi connectivity index (χ4n) is 2.39.